The van der Waals surface area contributed by atoms with Gasteiger partial charge >= 0.3 is 0 Å². The number of anilines is 3. The fraction of sp³-hybridized carbons (Fsp3) is 0.417. The molecule has 5 rings (SSSR count). The lowest BCUT2D eigenvalue weighted by molar-refractivity contribution is -0.123. The molecular formula is C24H27N5O2. The molecule has 2 fully saturated rings. The first-order valence-corrected chi connectivity index (χ1v) is 11.2. The van der Waals surface area contributed by atoms with E-state index in [0.717, 1.165) is 37.0 Å². The van der Waals surface area contributed by atoms with Crippen LogP contribution in [0, 0.1) is 0 Å². The number of carbonyl (C=O) groups is 1. The van der Waals surface area contributed by atoms with Crippen LogP contribution in [0.25, 0.3) is 11.0 Å². The van der Waals surface area contributed by atoms with Crippen LogP contribution in [0.3, 0.4) is 0 Å². The summed E-state index contributed by atoms with van der Waals surface area (Å²) in [5, 5.41) is 4.00. The second kappa shape index (κ2) is 8.49. The number of benzene rings is 1. The predicted molar refractivity (Wildman–Crippen MR) is 122 cm³/mol. The molecule has 1 saturated carbocycles. The van der Waals surface area contributed by atoms with Gasteiger partial charge < -0.3 is 10.2 Å². The molecule has 1 N–H and O–H groups in total. The molecule has 160 valence electrons. The van der Waals surface area contributed by atoms with Gasteiger partial charge in [0, 0.05) is 48.5 Å². The van der Waals surface area contributed by atoms with Crippen LogP contribution in [0.15, 0.2) is 47.4 Å². The maximum atomic E-state index is 12.7. The third-order valence-electron chi connectivity index (χ3n) is 6.35. The van der Waals surface area contributed by atoms with Crippen LogP contribution in [-0.4, -0.2) is 33.4 Å². The predicted octanol–water partition coefficient (Wildman–Crippen LogP) is 4.21. The summed E-state index contributed by atoms with van der Waals surface area (Å²) in [5.74, 6) is 0.531. The highest BCUT2D eigenvalue weighted by atomic mass is 16.1. The van der Waals surface area contributed by atoms with Crippen molar-refractivity contribution in [3.63, 3.8) is 0 Å². The summed E-state index contributed by atoms with van der Waals surface area (Å²) >= 11 is 0. The molecule has 2 aliphatic rings. The Bertz CT molecular complexity index is 1150. The maximum Gasteiger partial charge on any atom is 0.252 e. The molecule has 0 amide bonds. The minimum absolute atomic E-state index is 0.113. The fourth-order valence-electron chi connectivity index (χ4n) is 4.67. The summed E-state index contributed by atoms with van der Waals surface area (Å²) in [6.07, 6.45) is 8.55. The molecule has 0 spiro atoms. The number of Topliss-reactive ketones (excluding diaryl/α,β-unsaturated/α-hetero) is 1. The third-order valence-corrected chi connectivity index (χ3v) is 6.35. The van der Waals surface area contributed by atoms with Gasteiger partial charge in [0.05, 0.1) is 6.04 Å². The molecule has 1 saturated heterocycles. The van der Waals surface area contributed by atoms with Crippen LogP contribution in [0.2, 0.25) is 0 Å². The smallest absolute Gasteiger partial charge is 0.252 e. The number of fused-ring (bicyclic) bond motifs is 1. The molecule has 2 aromatic heterocycles. The summed E-state index contributed by atoms with van der Waals surface area (Å²) < 4.78 is 1.56. The molecule has 3 aromatic rings. The number of pyridine rings is 1. The van der Waals surface area contributed by atoms with Gasteiger partial charge in [-0.15, -0.1) is 0 Å². The Hall–Kier alpha value is -3.22. The van der Waals surface area contributed by atoms with E-state index in [2.05, 4.69) is 32.3 Å². The van der Waals surface area contributed by atoms with Crippen molar-refractivity contribution in [3.05, 3.63) is 52.9 Å². The SMILES string of the molecule is O=C1CCCCC1n1c(=O)ccc2cnc(Nc3ccc(N4CCCCC4)cc3)nc21. The molecule has 1 aromatic carbocycles. The van der Waals surface area contributed by atoms with Gasteiger partial charge in [-0.05, 0) is 62.4 Å². The number of aromatic nitrogens is 3. The number of nitrogens with zero attached hydrogens (tertiary/aromatic N) is 4. The molecule has 3 heterocycles. The van der Waals surface area contributed by atoms with Gasteiger partial charge in [0.2, 0.25) is 5.95 Å². The Labute approximate surface area is 181 Å². The molecule has 1 unspecified atom stereocenters. The van der Waals surface area contributed by atoms with Gasteiger partial charge in [-0.1, -0.05) is 6.42 Å². The molecule has 1 aliphatic heterocycles. The van der Waals surface area contributed by atoms with Crippen molar-refractivity contribution in [2.45, 2.75) is 51.0 Å². The zero-order chi connectivity index (χ0) is 21.2. The maximum absolute atomic E-state index is 12.7. The Morgan fingerprint density at radius 1 is 0.903 bits per heavy atom. The van der Waals surface area contributed by atoms with Gasteiger partial charge in [0.15, 0.2) is 5.78 Å². The number of rotatable bonds is 4. The molecule has 0 radical (unpaired) electrons. The highest BCUT2D eigenvalue weighted by molar-refractivity contribution is 5.85. The highest BCUT2D eigenvalue weighted by Gasteiger charge is 2.26. The lowest BCUT2D eigenvalue weighted by atomic mass is 9.93. The Morgan fingerprint density at radius 3 is 2.48 bits per heavy atom. The van der Waals surface area contributed by atoms with E-state index in [-0.39, 0.29) is 11.3 Å². The van der Waals surface area contributed by atoms with E-state index in [1.165, 1.54) is 31.0 Å². The minimum Gasteiger partial charge on any atom is -0.372 e. The van der Waals surface area contributed by atoms with Gasteiger partial charge in [0.25, 0.3) is 5.56 Å². The first-order chi connectivity index (χ1) is 15.2. The van der Waals surface area contributed by atoms with Crippen molar-refractivity contribution < 1.29 is 4.79 Å². The van der Waals surface area contributed by atoms with E-state index in [1.807, 2.05) is 12.1 Å². The molecule has 7 nitrogen and oxygen atoms in total. The summed E-state index contributed by atoms with van der Waals surface area (Å²) in [5.41, 5.74) is 2.44. The number of piperidine rings is 1. The molecule has 0 bridgehead atoms. The third kappa shape index (κ3) is 4.04. The zero-order valence-electron chi connectivity index (χ0n) is 17.6. The second-order valence-corrected chi connectivity index (χ2v) is 8.46. The number of ketones is 1. The van der Waals surface area contributed by atoms with Gasteiger partial charge in [-0.3, -0.25) is 14.2 Å². The average molecular weight is 418 g/mol. The topological polar surface area (TPSA) is 80.1 Å². The Kier molecular flexibility index (Phi) is 5.40. The molecule has 1 atom stereocenters. The monoisotopic (exact) mass is 417 g/mol. The number of hydrogen-bond acceptors (Lipinski definition) is 6. The van der Waals surface area contributed by atoms with E-state index in [0.29, 0.717) is 24.4 Å². The van der Waals surface area contributed by atoms with Crippen molar-refractivity contribution in [1.29, 1.82) is 0 Å². The molecule has 7 heteroatoms. The standard InChI is InChI=1S/C24H27N5O2/c30-21-7-3-2-6-20(21)29-22(31)13-8-17-16-25-24(27-23(17)29)26-18-9-11-19(12-10-18)28-14-4-1-5-15-28/h8-13,16,20H,1-7,14-15H2,(H,25,26,27). The number of hydrogen-bond donors (Lipinski definition) is 1. The van der Waals surface area contributed by atoms with Crippen molar-refractivity contribution in [2.75, 3.05) is 23.3 Å². The zero-order valence-corrected chi connectivity index (χ0v) is 17.6. The largest absolute Gasteiger partial charge is 0.372 e. The van der Waals surface area contributed by atoms with Crippen molar-refractivity contribution >= 4 is 34.1 Å². The summed E-state index contributed by atoms with van der Waals surface area (Å²) in [6.45, 7) is 2.22. The van der Waals surface area contributed by atoms with E-state index >= 15 is 0 Å². The number of nitrogens with one attached hydrogen (secondary N) is 1. The lowest BCUT2D eigenvalue weighted by Gasteiger charge is -2.28. The van der Waals surface area contributed by atoms with Crippen molar-refractivity contribution in [1.82, 2.24) is 14.5 Å². The molecule has 1 aliphatic carbocycles. The summed E-state index contributed by atoms with van der Waals surface area (Å²) in [6, 6.07) is 11.1. The Balaban J connectivity index is 1.43. The summed E-state index contributed by atoms with van der Waals surface area (Å²) in [4.78, 5) is 36.6. The first kappa shape index (κ1) is 19.7. The molecular weight excluding hydrogens is 390 g/mol. The van der Waals surface area contributed by atoms with E-state index < -0.39 is 6.04 Å². The van der Waals surface area contributed by atoms with E-state index in [9.17, 15) is 9.59 Å². The fourth-order valence-corrected chi connectivity index (χ4v) is 4.67. The van der Waals surface area contributed by atoms with Crippen LogP contribution in [0.5, 0.6) is 0 Å². The molecule has 31 heavy (non-hydrogen) atoms. The quantitative estimate of drug-likeness (QED) is 0.685. The van der Waals surface area contributed by atoms with Crippen LogP contribution < -0.4 is 15.8 Å². The van der Waals surface area contributed by atoms with E-state index in [4.69, 9.17) is 0 Å². The normalized spacial score (nSPS) is 19.5. The second-order valence-electron chi connectivity index (χ2n) is 8.46. The minimum atomic E-state index is -0.434. The van der Waals surface area contributed by atoms with Gasteiger partial charge in [0.1, 0.15) is 5.65 Å². The first-order valence-electron chi connectivity index (χ1n) is 11.2. The summed E-state index contributed by atoms with van der Waals surface area (Å²) in [7, 11) is 0. The van der Waals surface area contributed by atoms with Crippen LogP contribution in [-0.2, 0) is 4.79 Å². The average Bonchev–Trinajstić information content (AvgIpc) is 2.81. The van der Waals surface area contributed by atoms with Crippen molar-refractivity contribution in [3.8, 4) is 0 Å². The van der Waals surface area contributed by atoms with Gasteiger partial charge in [-0.25, -0.2) is 4.98 Å². The van der Waals surface area contributed by atoms with Crippen LogP contribution in [0.4, 0.5) is 17.3 Å². The van der Waals surface area contributed by atoms with Crippen molar-refractivity contribution in [2.24, 2.45) is 0 Å². The van der Waals surface area contributed by atoms with Crippen LogP contribution in [0.1, 0.15) is 51.0 Å². The lowest BCUT2D eigenvalue weighted by Crippen LogP contribution is -2.32. The van der Waals surface area contributed by atoms with Crippen LogP contribution >= 0.6 is 0 Å². The number of carbonyl (C=O) groups excluding carboxylic acids is 1. The van der Waals surface area contributed by atoms with E-state index in [1.54, 1.807) is 16.8 Å². The highest BCUT2D eigenvalue weighted by Crippen LogP contribution is 2.27. The Morgan fingerprint density at radius 2 is 1.71 bits per heavy atom. The van der Waals surface area contributed by atoms with Gasteiger partial charge in [-0.2, -0.15) is 4.98 Å².